The van der Waals surface area contributed by atoms with Crippen LogP contribution in [0.15, 0.2) is 30.7 Å². The molecule has 0 spiro atoms. The Kier molecular flexibility index (Phi) is 3.91. The number of imidazole rings is 1. The number of hydrogen-bond acceptors (Lipinski definition) is 4. The molecule has 100 valence electrons. The highest BCUT2D eigenvalue weighted by molar-refractivity contribution is 6.04. The van der Waals surface area contributed by atoms with E-state index in [1.54, 1.807) is 35.0 Å². The third-order valence-corrected chi connectivity index (χ3v) is 2.96. The van der Waals surface area contributed by atoms with Crippen LogP contribution in [0, 0.1) is 0 Å². The van der Waals surface area contributed by atoms with Gasteiger partial charge in [-0.2, -0.15) is 0 Å². The van der Waals surface area contributed by atoms with Crippen LogP contribution in [0.1, 0.15) is 23.2 Å². The molecule has 0 aliphatic rings. The summed E-state index contributed by atoms with van der Waals surface area (Å²) in [5.41, 5.74) is 1.18. The van der Waals surface area contributed by atoms with E-state index in [9.17, 15) is 4.79 Å². The molecule has 19 heavy (non-hydrogen) atoms. The van der Waals surface area contributed by atoms with Crippen LogP contribution >= 0.6 is 0 Å². The number of aliphatic hydroxyl groups excluding tert-OH is 1. The molecule has 2 aromatic rings. The van der Waals surface area contributed by atoms with Gasteiger partial charge in [0, 0.05) is 19.8 Å². The van der Waals surface area contributed by atoms with E-state index >= 15 is 0 Å². The second kappa shape index (κ2) is 5.62. The molecule has 0 unspecified atom stereocenters. The van der Waals surface area contributed by atoms with E-state index in [0.717, 1.165) is 5.69 Å². The van der Waals surface area contributed by atoms with Gasteiger partial charge in [-0.3, -0.25) is 9.78 Å². The summed E-state index contributed by atoms with van der Waals surface area (Å²) >= 11 is 0. The minimum atomic E-state index is -0.192. The fourth-order valence-electron chi connectivity index (χ4n) is 1.89. The highest BCUT2D eigenvalue weighted by Crippen LogP contribution is 2.15. The third kappa shape index (κ3) is 2.48. The first kappa shape index (κ1) is 13.2. The monoisotopic (exact) mass is 260 g/mol. The van der Waals surface area contributed by atoms with Crippen molar-refractivity contribution >= 4 is 11.6 Å². The number of carbonyl (C=O) groups is 1. The molecule has 0 aromatic carbocycles. The van der Waals surface area contributed by atoms with E-state index in [1.807, 2.05) is 13.0 Å². The number of amides is 1. The topological polar surface area (TPSA) is 71.2 Å². The second-order valence-corrected chi connectivity index (χ2v) is 4.04. The Hall–Kier alpha value is -2.21. The van der Waals surface area contributed by atoms with Crippen molar-refractivity contribution in [3.8, 4) is 0 Å². The minimum Gasteiger partial charge on any atom is -0.388 e. The zero-order valence-corrected chi connectivity index (χ0v) is 10.9. The molecule has 0 saturated heterocycles. The van der Waals surface area contributed by atoms with Crippen molar-refractivity contribution in [1.82, 2.24) is 14.5 Å². The second-order valence-electron chi connectivity index (χ2n) is 4.04. The van der Waals surface area contributed by atoms with E-state index in [4.69, 9.17) is 5.11 Å². The standard InChI is InChI=1S/C13H16N4O2/c1-3-17(10-5-4-6-14-7-10)13(19)11-8-15-12(9-18)16(11)2/h4-8,18H,3,9H2,1-2H3. The Labute approximate surface area is 111 Å². The van der Waals surface area contributed by atoms with E-state index < -0.39 is 0 Å². The number of nitrogens with zero attached hydrogens (tertiary/aromatic N) is 4. The van der Waals surface area contributed by atoms with Crippen molar-refractivity contribution < 1.29 is 9.90 Å². The van der Waals surface area contributed by atoms with E-state index in [-0.39, 0.29) is 12.5 Å². The molecule has 1 amide bonds. The maximum atomic E-state index is 12.5. The molecule has 0 bridgehead atoms. The fourth-order valence-corrected chi connectivity index (χ4v) is 1.89. The van der Waals surface area contributed by atoms with Crippen LogP contribution < -0.4 is 4.90 Å². The highest BCUT2D eigenvalue weighted by Gasteiger charge is 2.20. The lowest BCUT2D eigenvalue weighted by atomic mass is 10.3. The van der Waals surface area contributed by atoms with Crippen LogP contribution in [0.5, 0.6) is 0 Å². The van der Waals surface area contributed by atoms with Crippen LogP contribution in [0.4, 0.5) is 5.69 Å². The number of carbonyl (C=O) groups excluding carboxylic acids is 1. The van der Waals surface area contributed by atoms with Gasteiger partial charge in [-0.15, -0.1) is 0 Å². The first-order chi connectivity index (χ1) is 9.19. The van der Waals surface area contributed by atoms with Crippen LogP contribution in [0.3, 0.4) is 0 Å². The molecule has 0 aliphatic carbocycles. The molecule has 1 N–H and O–H groups in total. The lowest BCUT2D eigenvalue weighted by Crippen LogP contribution is -2.32. The van der Waals surface area contributed by atoms with Crippen LogP contribution in [0.25, 0.3) is 0 Å². The zero-order valence-electron chi connectivity index (χ0n) is 10.9. The number of aromatic nitrogens is 3. The van der Waals surface area contributed by atoms with Crippen LogP contribution in [-0.4, -0.2) is 32.1 Å². The molecular weight excluding hydrogens is 244 g/mol. The molecule has 2 heterocycles. The summed E-state index contributed by atoms with van der Waals surface area (Å²) in [6.45, 7) is 2.24. The summed E-state index contributed by atoms with van der Waals surface area (Å²) in [5.74, 6) is 0.302. The first-order valence-corrected chi connectivity index (χ1v) is 6.02. The van der Waals surface area contributed by atoms with Gasteiger partial charge in [-0.1, -0.05) is 0 Å². The molecule has 0 saturated carbocycles. The molecular formula is C13H16N4O2. The van der Waals surface area contributed by atoms with Gasteiger partial charge < -0.3 is 14.6 Å². The minimum absolute atomic E-state index is 0.162. The Balaban J connectivity index is 2.34. The van der Waals surface area contributed by atoms with Gasteiger partial charge in [-0.25, -0.2) is 4.98 Å². The Morgan fingerprint density at radius 1 is 1.47 bits per heavy atom. The summed E-state index contributed by atoms with van der Waals surface area (Å²) in [6.07, 6.45) is 4.79. The molecule has 2 aromatic heterocycles. The normalized spacial score (nSPS) is 10.5. The van der Waals surface area contributed by atoms with E-state index in [1.165, 1.54) is 6.20 Å². The fraction of sp³-hybridized carbons (Fsp3) is 0.308. The largest absolute Gasteiger partial charge is 0.388 e. The van der Waals surface area contributed by atoms with Crippen LogP contribution in [-0.2, 0) is 13.7 Å². The molecule has 6 heteroatoms. The third-order valence-electron chi connectivity index (χ3n) is 2.96. The van der Waals surface area contributed by atoms with Crippen molar-refractivity contribution in [2.24, 2.45) is 7.05 Å². The van der Waals surface area contributed by atoms with Crippen molar-refractivity contribution in [3.63, 3.8) is 0 Å². The number of anilines is 1. The molecule has 0 radical (unpaired) electrons. The summed E-state index contributed by atoms with van der Waals surface area (Å²) < 4.78 is 1.60. The Bertz CT molecular complexity index is 565. The number of pyridine rings is 1. The van der Waals surface area contributed by atoms with Gasteiger partial charge in [0.05, 0.1) is 18.1 Å². The Morgan fingerprint density at radius 3 is 2.79 bits per heavy atom. The van der Waals surface area contributed by atoms with Gasteiger partial charge >= 0.3 is 0 Å². The quantitative estimate of drug-likeness (QED) is 0.889. The Morgan fingerprint density at radius 2 is 2.26 bits per heavy atom. The zero-order chi connectivity index (χ0) is 13.8. The number of rotatable bonds is 4. The summed E-state index contributed by atoms with van der Waals surface area (Å²) in [4.78, 5) is 22.1. The van der Waals surface area contributed by atoms with Crippen molar-refractivity contribution in [3.05, 3.63) is 42.2 Å². The van der Waals surface area contributed by atoms with E-state index in [0.29, 0.717) is 18.1 Å². The predicted molar refractivity (Wildman–Crippen MR) is 70.7 cm³/mol. The van der Waals surface area contributed by atoms with Crippen molar-refractivity contribution in [2.75, 3.05) is 11.4 Å². The molecule has 0 atom stereocenters. The highest BCUT2D eigenvalue weighted by atomic mass is 16.3. The lowest BCUT2D eigenvalue weighted by molar-refractivity contribution is 0.0980. The maximum absolute atomic E-state index is 12.5. The van der Waals surface area contributed by atoms with Gasteiger partial charge in [0.1, 0.15) is 18.1 Å². The SMILES string of the molecule is CCN(C(=O)c1cnc(CO)n1C)c1cccnc1. The number of hydrogen-bond donors (Lipinski definition) is 1. The first-order valence-electron chi connectivity index (χ1n) is 6.02. The van der Waals surface area contributed by atoms with Crippen molar-refractivity contribution in [2.45, 2.75) is 13.5 Å². The van der Waals surface area contributed by atoms with E-state index in [2.05, 4.69) is 9.97 Å². The summed E-state index contributed by atoms with van der Waals surface area (Å²) in [7, 11) is 1.71. The molecule has 0 aliphatic heterocycles. The molecule has 2 rings (SSSR count). The smallest absolute Gasteiger partial charge is 0.276 e. The van der Waals surface area contributed by atoms with Gasteiger partial charge in [0.15, 0.2) is 0 Å². The average molecular weight is 260 g/mol. The van der Waals surface area contributed by atoms with Gasteiger partial charge in [-0.05, 0) is 19.1 Å². The summed E-state index contributed by atoms with van der Waals surface area (Å²) in [5, 5.41) is 9.11. The van der Waals surface area contributed by atoms with Gasteiger partial charge in [0.2, 0.25) is 0 Å². The average Bonchev–Trinajstić information content (AvgIpc) is 2.81. The molecule has 0 fully saturated rings. The lowest BCUT2D eigenvalue weighted by Gasteiger charge is -2.20. The van der Waals surface area contributed by atoms with Gasteiger partial charge in [0.25, 0.3) is 5.91 Å². The summed E-state index contributed by atoms with van der Waals surface area (Å²) in [6, 6.07) is 3.62. The van der Waals surface area contributed by atoms with Crippen molar-refractivity contribution in [1.29, 1.82) is 0 Å². The number of aliphatic hydroxyl groups is 1. The maximum Gasteiger partial charge on any atom is 0.276 e. The predicted octanol–water partition coefficient (Wildman–Crippen LogP) is 0.974. The van der Waals surface area contributed by atoms with Crippen LogP contribution in [0.2, 0.25) is 0 Å². The molecule has 6 nitrogen and oxygen atoms in total.